The third-order valence-electron chi connectivity index (χ3n) is 5.65. The van der Waals surface area contributed by atoms with E-state index in [1.54, 1.807) is 19.0 Å². The molecule has 1 spiro atoms. The van der Waals surface area contributed by atoms with Gasteiger partial charge in [-0.3, -0.25) is 4.79 Å². The van der Waals surface area contributed by atoms with E-state index in [1.807, 2.05) is 12.1 Å². The standard InChI is InChI=1S/C19H27ClN2O/c1-22(2)18(23)16-7-6-14(12-17(16)20)4-3-5-15-13-19(15)8-10-21-11-9-19/h6-7,12,15,21H,3-5,8-11,13H2,1-2H3/t15-/m1/s1. The predicted molar refractivity (Wildman–Crippen MR) is 95.1 cm³/mol. The molecule has 23 heavy (non-hydrogen) atoms. The minimum Gasteiger partial charge on any atom is -0.345 e. The number of rotatable bonds is 5. The van der Waals surface area contributed by atoms with Crippen LogP contribution in [-0.4, -0.2) is 38.0 Å². The second-order valence-corrected chi connectivity index (χ2v) is 7.83. The Kier molecular flexibility index (Phi) is 4.98. The van der Waals surface area contributed by atoms with E-state index >= 15 is 0 Å². The molecule has 1 aromatic carbocycles. The summed E-state index contributed by atoms with van der Waals surface area (Å²) in [5, 5.41) is 4.04. The average molecular weight is 335 g/mol. The highest BCUT2D eigenvalue weighted by Gasteiger charge is 2.52. The Labute approximate surface area is 144 Å². The first-order valence-corrected chi connectivity index (χ1v) is 9.10. The number of hydrogen-bond acceptors (Lipinski definition) is 2. The fraction of sp³-hybridized carbons (Fsp3) is 0.632. The van der Waals surface area contributed by atoms with E-state index in [9.17, 15) is 4.79 Å². The highest BCUT2D eigenvalue weighted by molar-refractivity contribution is 6.33. The summed E-state index contributed by atoms with van der Waals surface area (Å²) >= 11 is 6.28. The quantitative estimate of drug-likeness (QED) is 0.889. The molecular formula is C19H27ClN2O. The van der Waals surface area contributed by atoms with Gasteiger partial charge in [0.05, 0.1) is 10.6 Å². The number of hydrogen-bond donors (Lipinski definition) is 1. The molecule has 1 aromatic rings. The van der Waals surface area contributed by atoms with Gasteiger partial charge in [0.1, 0.15) is 0 Å². The van der Waals surface area contributed by atoms with Crippen LogP contribution in [0, 0.1) is 11.3 Å². The number of halogens is 1. The number of carbonyl (C=O) groups is 1. The Morgan fingerprint density at radius 2 is 2.09 bits per heavy atom. The fourth-order valence-electron chi connectivity index (χ4n) is 4.06. The minimum atomic E-state index is -0.0348. The molecule has 0 radical (unpaired) electrons. The highest BCUT2D eigenvalue weighted by atomic mass is 35.5. The number of amides is 1. The summed E-state index contributed by atoms with van der Waals surface area (Å²) in [6.45, 7) is 2.40. The predicted octanol–water partition coefficient (Wildman–Crippen LogP) is 3.75. The third kappa shape index (κ3) is 3.72. The molecule has 0 aromatic heterocycles. The lowest BCUT2D eigenvalue weighted by molar-refractivity contribution is 0.0828. The summed E-state index contributed by atoms with van der Waals surface area (Å²) in [4.78, 5) is 13.6. The number of aryl methyl sites for hydroxylation is 1. The maximum absolute atomic E-state index is 12.0. The second-order valence-electron chi connectivity index (χ2n) is 7.42. The van der Waals surface area contributed by atoms with Gasteiger partial charge in [-0.2, -0.15) is 0 Å². The summed E-state index contributed by atoms with van der Waals surface area (Å²) < 4.78 is 0. The molecule has 0 bridgehead atoms. The topological polar surface area (TPSA) is 32.3 Å². The molecule has 2 aliphatic rings. The summed E-state index contributed by atoms with van der Waals surface area (Å²) in [5.41, 5.74) is 2.52. The Morgan fingerprint density at radius 3 is 2.74 bits per heavy atom. The van der Waals surface area contributed by atoms with Gasteiger partial charge in [-0.1, -0.05) is 17.7 Å². The van der Waals surface area contributed by atoms with E-state index in [1.165, 1.54) is 50.8 Å². The van der Waals surface area contributed by atoms with E-state index in [4.69, 9.17) is 11.6 Å². The molecule has 1 aliphatic carbocycles. The maximum Gasteiger partial charge on any atom is 0.254 e. The van der Waals surface area contributed by atoms with E-state index in [2.05, 4.69) is 11.4 Å². The molecule has 0 unspecified atom stereocenters. The SMILES string of the molecule is CN(C)C(=O)c1ccc(CCC[C@@H]2CC23CCNCC3)cc1Cl. The zero-order chi connectivity index (χ0) is 16.4. The van der Waals surface area contributed by atoms with E-state index in [-0.39, 0.29) is 5.91 Å². The summed E-state index contributed by atoms with van der Waals surface area (Å²) in [6, 6.07) is 5.88. The van der Waals surface area contributed by atoms with Gasteiger partial charge in [-0.05, 0) is 80.6 Å². The van der Waals surface area contributed by atoms with Crippen LogP contribution in [0.25, 0.3) is 0 Å². The molecule has 1 heterocycles. The van der Waals surface area contributed by atoms with Crippen LogP contribution in [0.15, 0.2) is 18.2 Å². The lowest BCUT2D eigenvalue weighted by Gasteiger charge is -2.23. The summed E-state index contributed by atoms with van der Waals surface area (Å²) in [5.74, 6) is 0.905. The molecule has 3 nitrogen and oxygen atoms in total. The van der Waals surface area contributed by atoms with Crippen molar-refractivity contribution in [3.63, 3.8) is 0 Å². The number of piperidine rings is 1. The molecule has 4 heteroatoms. The number of nitrogens with zero attached hydrogens (tertiary/aromatic N) is 1. The van der Waals surface area contributed by atoms with Crippen molar-refractivity contribution in [3.05, 3.63) is 34.3 Å². The van der Waals surface area contributed by atoms with Crippen molar-refractivity contribution in [2.24, 2.45) is 11.3 Å². The van der Waals surface area contributed by atoms with Crippen LogP contribution in [0.1, 0.15) is 48.0 Å². The van der Waals surface area contributed by atoms with Gasteiger partial charge < -0.3 is 10.2 Å². The fourth-order valence-corrected chi connectivity index (χ4v) is 4.34. The Hall–Kier alpha value is -1.06. The number of nitrogens with one attached hydrogen (secondary N) is 1. The van der Waals surface area contributed by atoms with Crippen molar-refractivity contribution in [1.29, 1.82) is 0 Å². The lowest BCUT2D eigenvalue weighted by Crippen LogP contribution is -2.29. The van der Waals surface area contributed by atoms with E-state index < -0.39 is 0 Å². The Bertz CT molecular complexity index is 579. The summed E-state index contributed by atoms with van der Waals surface area (Å²) in [6.07, 6.45) is 7.77. The zero-order valence-electron chi connectivity index (χ0n) is 14.2. The van der Waals surface area contributed by atoms with Gasteiger partial charge in [0, 0.05) is 14.1 Å². The van der Waals surface area contributed by atoms with Crippen LogP contribution < -0.4 is 5.32 Å². The molecule has 1 atom stereocenters. The van der Waals surface area contributed by atoms with E-state index in [0.29, 0.717) is 16.0 Å². The molecule has 1 N–H and O–H groups in total. The summed E-state index contributed by atoms with van der Waals surface area (Å²) in [7, 11) is 3.50. The maximum atomic E-state index is 12.0. The zero-order valence-corrected chi connectivity index (χ0v) is 15.0. The second kappa shape index (κ2) is 6.82. The first kappa shape index (κ1) is 16.8. The number of carbonyl (C=O) groups excluding carboxylic acids is 1. The normalized spacial score (nSPS) is 22.1. The molecule has 1 saturated heterocycles. The molecule has 2 fully saturated rings. The third-order valence-corrected chi connectivity index (χ3v) is 5.96. The lowest BCUT2D eigenvalue weighted by atomic mass is 9.90. The van der Waals surface area contributed by atoms with Crippen molar-refractivity contribution in [3.8, 4) is 0 Å². The largest absolute Gasteiger partial charge is 0.345 e. The molecule has 1 saturated carbocycles. The molecule has 126 valence electrons. The first-order chi connectivity index (χ1) is 11.0. The first-order valence-electron chi connectivity index (χ1n) is 8.73. The van der Waals surface area contributed by atoms with Gasteiger partial charge in [0.15, 0.2) is 0 Å². The van der Waals surface area contributed by atoms with Crippen molar-refractivity contribution >= 4 is 17.5 Å². The van der Waals surface area contributed by atoms with Crippen LogP contribution in [0.4, 0.5) is 0 Å². The minimum absolute atomic E-state index is 0.0348. The monoisotopic (exact) mass is 334 g/mol. The van der Waals surface area contributed by atoms with Crippen LogP contribution in [0.2, 0.25) is 5.02 Å². The highest BCUT2D eigenvalue weighted by Crippen LogP contribution is 2.60. The molecular weight excluding hydrogens is 308 g/mol. The van der Waals surface area contributed by atoms with Crippen LogP contribution in [0.3, 0.4) is 0 Å². The van der Waals surface area contributed by atoms with Crippen LogP contribution in [-0.2, 0) is 6.42 Å². The van der Waals surface area contributed by atoms with Gasteiger partial charge in [0.25, 0.3) is 5.91 Å². The van der Waals surface area contributed by atoms with Crippen molar-refractivity contribution in [1.82, 2.24) is 10.2 Å². The van der Waals surface area contributed by atoms with E-state index in [0.717, 1.165) is 12.3 Å². The Morgan fingerprint density at radius 1 is 1.35 bits per heavy atom. The van der Waals surface area contributed by atoms with Gasteiger partial charge >= 0.3 is 0 Å². The molecule has 1 aliphatic heterocycles. The van der Waals surface area contributed by atoms with Crippen molar-refractivity contribution in [2.75, 3.05) is 27.2 Å². The van der Waals surface area contributed by atoms with Crippen LogP contribution >= 0.6 is 11.6 Å². The number of benzene rings is 1. The average Bonchev–Trinajstić information content (AvgIpc) is 3.19. The van der Waals surface area contributed by atoms with Crippen LogP contribution in [0.5, 0.6) is 0 Å². The van der Waals surface area contributed by atoms with Gasteiger partial charge in [-0.15, -0.1) is 0 Å². The van der Waals surface area contributed by atoms with Gasteiger partial charge in [0.2, 0.25) is 0 Å². The smallest absolute Gasteiger partial charge is 0.254 e. The molecule has 3 rings (SSSR count). The van der Waals surface area contributed by atoms with Crippen molar-refractivity contribution in [2.45, 2.75) is 38.5 Å². The van der Waals surface area contributed by atoms with Gasteiger partial charge in [-0.25, -0.2) is 0 Å². The Balaban J connectivity index is 1.49. The molecule has 1 amide bonds. The van der Waals surface area contributed by atoms with Crippen molar-refractivity contribution < 1.29 is 4.79 Å².